The molecule has 2 atom stereocenters. The van der Waals surface area contributed by atoms with Gasteiger partial charge in [-0.2, -0.15) is 0 Å². The van der Waals surface area contributed by atoms with Crippen LogP contribution in [0.1, 0.15) is 61.6 Å². The summed E-state index contributed by atoms with van der Waals surface area (Å²) in [5, 5.41) is 12.3. The van der Waals surface area contributed by atoms with Gasteiger partial charge in [0.05, 0.1) is 0 Å². The van der Waals surface area contributed by atoms with E-state index in [4.69, 9.17) is 10.5 Å². The zero-order chi connectivity index (χ0) is 28.9. The smallest absolute Gasteiger partial charge is 0.408 e. The number of carbonyl (C=O) groups excluding carboxylic acids is 3. The van der Waals surface area contributed by atoms with Crippen molar-refractivity contribution in [3.8, 4) is 0 Å². The van der Waals surface area contributed by atoms with Crippen molar-refractivity contribution in [2.75, 3.05) is 25.5 Å². The maximum absolute atomic E-state index is 13.6. The maximum Gasteiger partial charge on any atom is 0.408 e. The normalized spacial score (nSPS) is 21.8. The van der Waals surface area contributed by atoms with E-state index < -0.39 is 17.7 Å². The quantitative estimate of drug-likeness (QED) is 0.285. The minimum Gasteiger partial charge on any atom is -0.445 e. The highest BCUT2D eigenvalue weighted by Crippen LogP contribution is 2.44. The lowest BCUT2D eigenvalue weighted by Gasteiger charge is -2.30. The fourth-order valence-electron chi connectivity index (χ4n) is 6.32. The second kappa shape index (κ2) is 12.6. The zero-order valence-electron chi connectivity index (χ0n) is 24.0. The number of hydrogen-bond acceptors (Lipinski definition) is 6. The van der Waals surface area contributed by atoms with Crippen LogP contribution in [0.4, 0.5) is 10.5 Å². The third-order valence-electron chi connectivity index (χ3n) is 9.20. The zero-order valence-corrected chi connectivity index (χ0v) is 24.0. The first kappa shape index (κ1) is 29.1. The van der Waals surface area contributed by atoms with Crippen molar-refractivity contribution in [3.63, 3.8) is 0 Å². The molecule has 3 aliphatic carbocycles. The number of amides is 3. The molecule has 5 rings (SSSR count). The summed E-state index contributed by atoms with van der Waals surface area (Å²) >= 11 is 0. The van der Waals surface area contributed by atoms with E-state index in [2.05, 4.69) is 21.3 Å². The predicted octanol–water partition coefficient (Wildman–Crippen LogP) is 3.41. The minimum absolute atomic E-state index is 0.0392. The first-order valence-corrected chi connectivity index (χ1v) is 14.9. The number of alkyl carbamates (subject to hydrolysis) is 1. The molecule has 9 nitrogen and oxygen atoms in total. The Hall–Kier alpha value is -3.43. The molecule has 2 saturated carbocycles. The highest BCUT2D eigenvalue weighted by molar-refractivity contribution is 5.97. The van der Waals surface area contributed by atoms with Crippen molar-refractivity contribution in [3.05, 3.63) is 65.2 Å². The average molecular weight is 562 g/mol. The van der Waals surface area contributed by atoms with Crippen LogP contribution in [-0.4, -0.2) is 49.6 Å². The van der Waals surface area contributed by atoms with Crippen molar-refractivity contribution in [2.45, 2.75) is 76.0 Å². The number of ether oxygens (including phenoxy) is 1. The fourth-order valence-corrected chi connectivity index (χ4v) is 6.32. The van der Waals surface area contributed by atoms with Crippen LogP contribution in [0.15, 0.2) is 48.5 Å². The van der Waals surface area contributed by atoms with Crippen LogP contribution in [-0.2, 0) is 33.8 Å². The Morgan fingerprint density at radius 1 is 1.00 bits per heavy atom. The molecule has 0 heterocycles. The molecule has 2 aromatic rings. The molecule has 9 heteroatoms. The summed E-state index contributed by atoms with van der Waals surface area (Å²) in [5.41, 5.74) is 9.01. The SMILES string of the molecule is CNC(=O)C1(NCC2(CN)CC2)Cc2ccc(NC(=O)[C@@H](NC(=O)OCc3ccccc3)C3CCCCC3)cc2C1. The monoisotopic (exact) mass is 561 g/mol. The number of rotatable bonds is 11. The van der Waals surface area contributed by atoms with E-state index in [1.807, 2.05) is 48.5 Å². The van der Waals surface area contributed by atoms with Crippen LogP contribution in [0.25, 0.3) is 0 Å². The Balaban J connectivity index is 1.26. The lowest BCUT2D eigenvalue weighted by molar-refractivity contribution is -0.127. The van der Waals surface area contributed by atoms with Crippen LogP contribution in [0.3, 0.4) is 0 Å². The molecule has 0 aliphatic heterocycles. The Morgan fingerprint density at radius 3 is 2.41 bits per heavy atom. The molecule has 3 aliphatic rings. The Labute approximate surface area is 242 Å². The van der Waals surface area contributed by atoms with Gasteiger partial charge in [-0.15, -0.1) is 0 Å². The van der Waals surface area contributed by atoms with Gasteiger partial charge in [0.1, 0.15) is 18.2 Å². The van der Waals surface area contributed by atoms with Crippen molar-refractivity contribution in [1.82, 2.24) is 16.0 Å². The topological polar surface area (TPSA) is 135 Å². The first-order chi connectivity index (χ1) is 19.9. The van der Waals surface area contributed by atoms with Crippen molar-refractivity contribution < 1.29 is 19.1 Å². The lowest BCUT2D eigenvalue weighted by atomic mass is 9.83. The van der Waals surface area contributed by atoms with Gasteiger partial charge in [0.2, 0.25) is 11.8 Å². The molecule has 1 unspecified atom stereocenters. The highest BCUT2D eigenvalue weighted by atomic mass is 16.5. The number of carbonyl (C=O) groups is 3. The van der Waals surface area contributed by atoms with Gasteiger partial charge in [-0.25, -0.2) is 4.79 Å². The molecule has 41 heavy (non-hydrogen) atoms. The van der Waals surface area contributed by atoms with Crippen LogP contribution in [0.2, 0.25) is 0 Å². The summed E-state index contributed by atoms with van der Waals surface area (Å²) < 4.78 is 5.44. The van der Waals surface area contributed by atoms with Crippen molar-refractivity contribution in [2.24, 2.45) is 17.1 Å². The lowest BCUT2D eigenvalue weighted by Crippen LogP contribution is -2.58. The molecule has 3 amide bonds. The van der Waals surface area contributed by atoms with E-state index >= 15 is 0 Å². The standard InChI is InChI=1S/C32H43N5O4/c1-34-29(39)32(35-21-31(20-33)14-15-31)17-24-12-13-26(16-25(24)18-32)36-28(38)27(23-10-6-3-7-11-23)37-30(40)41-19-22-8-4-2-5-9-22/h2,4-5,8-9,12-13,16,23,27,35H,3,6-7,10-11,14-15,17-21,33H2,1H3,(H,34,39)(H,36,38)(H,37,40)/t27-,32?/m0/s1. The van der Waals surface area contributed by atoms with Gasteiger partial charge in [-0.05, 0) is 72.4 Å². The number of nitrogens with two attached hydrogens (primary N) is 1. The van der Waals surface area contributed by atoms with Crippen molar-refractivity contribution >= 4 is 23.6 Å². The maximum atomic E-state index is 13.6. The molecule has 0 radical (unpaired) electrons. The largest absolute Gasteiger partial charge is 0.445 e. The van der Waals surface area contributed by atoms with Crippen LogP contribution in [0, 0.1) is 11.3 Å². The number of fused-ring (bicyclic) bond motifs is 1. The van der Waals surface area contributed by atoms with E-state index in [9.17, 15) is 14.4 Å². The second-order valence-electron chi connectivity index (χ2n) is 12.1. The van der Waals surface area contributed by atoms with Crippen molar-refractivity contribution in [1.29, 1.82) is 0 Å². The summed E-state index contributed by atoms with van der Waals surface area (Å²) in [7, 11) is 1.67. The minimum atomic E-state index is -0.737. The number of anilines is 1. The molecule has 0 bridgehead atoms. The third-order valence-corrected chi connectivity index (χ3v) is 9.20. The van der Waals surface area contributed by atoms with Gasteiger partial charge >= 0.3 is 6.09 Å². The molecule has 2 aromatic carbocycles. The third kappa shape index (κ3) is 6.90. The molecule has 0 aromatic heterocycles. The number of likely N-dealkylation sites (N-methyl/N-ethyl adjacent to an activating group) is 1. The van der Waals surface area contributed by atoms with Gasteiger partial charge in [0.25, 0.3) is 0 Å². The summed E-state index contributed by atoms with van der Waals surface area (Å²) in [5.74, 6) is -0.242. The molecular formula is C32H43N5O4. The van der Waals surface area contributed by atoms with Crippen LogP contribution < -0.4 is 27.0 Å². The Kier molecular flexibility index (Phi) is 8.94. The fraction of sp³-hybridized carbons (Fsp3) is 0.531. The van der Waals surface area contributed by atoms with Gasteiger partial charge in [-0.3, -0.25) is 9.59 Å². The summed E-state index contributed by atoms with van der Waals surface area (Å²) in [6, 6.07) is 14.6. The average Bonchev–Trinajstić information content (AvgIpc) is 3.70. The molecule has 2 fully saturated rings. The van der Waals surface area contributed by atoms with E-state index in [0.717, 1.165) is 61.6 Å². The van der Waals surface area contributed by atoms with E-state index in [-0.39, 0.29) is 29.8 Å². The number of hydrogen-bond donors (Lipinski definition) is 5. The highest BCUT2D eigenvalue weighted by Gasteiger charge is 2.48. The molecule has 0 spiro atoms. The van der Waals surface area contributed by atoms with Gasteiger partial charge in [0.15, 0.2) is 0 Å². The van der Waals surface area contributed by atoms with E-state index in [1.54, 1.807) is 7.05 Å². The molecule has 6 N–H and O–H groups in total. The predicted molar refractivity (Wildman–Crippen MR) is 158 cm³/mol. The van der Waals surface area contributed by atoms with Gasteiger partial charge < -0.3 is 31.7 Å². The summed E-state index contributed by atoms with van der Waals surface area (Å²) in [4.78, 5) is 39.4. The van der Waals surface area contributed by atoms with Gasteiger partial charge in [-0.1, -0.05) is 55.7 Å². The summed E-state index contributed by atoms with van der Waals surface area (Å²) in [6.07, 6.45) is 7.65. The Bertz CT molecular complexity index is 1240. The van der Waals surface area contributed by atoms with E-state index in [0.29, 0.717) is 31.6 Å². The van der Waals surface area contributed by atoms with E-state index in [1.165, 1.54) is 0 Å². The molecule has 0 saturated heterocycles. The van der Waals surface area contributed by atoms with Gasteiger partial charge in [0, 0.05) is 32.1 Å². The number of nitrogens with one attached hydrogen (secondary N) is 4. The summed E-state index contributed by atoms with van der Waals surface area (Å²) in [6.45, 7) is 1.47. The molecular weight excluding hydrogens is 518 g/mol. The first-order valence-electron chi connectivity index (χ1n) is 14.9. The number of benzene rings is 2. The second-order valence-corrected chi connectivity index (χ2v) is 12.1. The molecule has 220 valence electrons. The van der Waals surface area contributed by atoms with Crippen LogP contribution in [0.5, 0.6) is 0 Å². The Morgan fingerprint density at radius 2 is 1.73 bits per heavy atom. The van der Waals surface area contributed by atoms with Crippen LogP contribution >= 0.6 is 0 Å².